The molecule has 0 radical (unpaired) electrons. The average molecular weight is 455 g/mol. The highest BCUT2D eigenvalue weighted by Crippen LogP contribution is 2.42. The summed E-state index contributed by atoms with van der Waals surface area (Å²) in [5.41, 5.74) is 1.40. The van der Waals surface area contributed by atoms with Gasteiger partial charge in [-0.1, -0.05) is 43.0 Å². The van der Waals surface area contributed by atoms with Crippen LogP contribution in [0.2, 0.25) is 5.02 Å². The Hall–Kier alpha value is -2.04. The molecule has 1 heterocycles. The minimum Gasteiger partial charge on any atom is -0.494 e. The van der Waals surface area contributed by atoms with Crippen LogP contribution in [0.1, 0.15) is 63.9 Å². The Labute approximate surface area is 197 Å². The fourth-order valence-corrected chi connectivity index (χ4v) is 5.35. The van der Waals surface area contributed by atoms with Crippen LogP contribution in [0.3, 0.4) is 0 Å². The molecule has 1 saturated carbocycles. The van der Waals surface area contributed by atoms with Crippen LogP contribution in [0.5, 0.6) is 5.75 Å². The van der Waals surface area contributed by atoms with E-state index in [0.717, 1.165) is 55.6 Å². The lowest BCUT2D eigenvalue weighted by Gasteiger charge is -2.33. The zero-order valence-electron chi connectivity index (χ0n) is 19.1. The van der Waals surface area contributed by atoms with Crippen LogP contribution in [-0.2, 0) is 10.2 Å². The zero-order valence-corrected chi connectivity index (χ0v) is 19.9. The number of rotatable bonds is 8. The van der Waals surface area contributed by atoms with E-state index in [1.165, 1.54) is 25.8 Å². The van der Waals surface area contributed by atoms with E-state index in [2.05, 4.69) is 17.1 Å². The van der Waals surface area contributed by atoms with Gasteiger partial charge in [0.2, 0.25) is 5.91 Å². The molecule has 1 aliphatic carbocycles. The molecule has 4 nitrogen and oxygen atoms in total. The third-order valence-corrected chi connectivity index (χ3v) is 7.45. The van der Waals surface area contributed by atoms with Gasteiger partial charge in [0.1, 0.15) is 5.75 Å². The third-order valence-electron chi connectivity index (χ3n) is 7.20. The van der Waals surface area contributed by atoms with Gasteiger partial charge >= 0.3 is 0 Å². The van der Waals surface area contributed by atoms with E-state index in [1.807, 2.05) is 48.5 Å². The molecule has 1 N–H and O–H groups in total. The predicted molar refractivity (Wildman–Crippen MR) is 132 cm³/mol. The van der Waals surface area contributed by atoms with E-state index in [1.54, 1.807) is 0 Å². The van der Waals surface area contributed by atoms with E-state index in [9.17, 15) is 4.79 Å². The summed E-state index contributed by atoms with van der Waals surface area (Å²) in [6.07, 6.45) is 8.90. The zero-order chi connectivity index (χ0) is 22.4. The first-order chi connectivity index (χ1) is 15.6. The molecule has 0 spiro atoms. The van der Waals surface area contributed by atoms with Gasteiger partial charge in [-0.2, -0.15) is 0 Å². The molecule has 2 aliphatic rings. The molecule has 0 bridgehead atoms. The maximum atomic E-state index is 13.3. The van der Waals surface area contributed by atoms with Crippen LogP contribution in [0.25, 0.3) is 0 Å². The molecule has 2 fully saturated rings. The highest BCUT2D eigenvalue weighted by atomic mass is 35.5. The van der Waals surface area contributed by atoms with Crippen molar-refractivity contribution < 1.29 is 9.53 Å². The Morgan fingerprint density at radius 1 is 1.06 bits per heavy atom. The summed E-state index contributed by atoms with van der Waals surface area (Å²) in [6, 6.07) is 16.2. The molecule has 2 aromatic rings. The van der Waals surface area contributed by atoms with Crippen molar-refractivity contribution in [2.24, 2.45) is 0 Å². The second-order valence-electron chi connectivity index (χ2n) is 9.36. The monoisotopic (exact) mass is 454 g/mol. The molecule has 1 atom stereocenters. The van der Waals surface area contributed by atoms with E-state index < -0.39 is 5.41 Å². The SMILES string of the molecule is C[C@@H]1CCCCN1CCCOc1ccc(NC(=O)C2(c3ccc(Cl)cc3)CCCC2)cc1. The number of anilines is 1. The van der Waals surface area contributed by atoms with Crippen molar-refractivity contribution in [3.63, 3.8) is 0 Å². The van der Waals surface area contributed by atoms with E-state index in [4.69, 9.17) is 16.3 Å². The van der Waals surface area contributed by atoms with E-state index in [0.29, 0.717) is 17.7 Å². The molecule has 2 aromatic carbocycles. The number of hydrogen-bond donors (Lipinski definition) is 1. The number of nitrogens with zero attached hydrogens (tertiary/aromatic N) is 1. The Bertz CT molecular complexity index is 876. The van der Waals surface area contributed by atoms with Crippen molar-refractivity contribution >= 4 is 23.2 Å². The molecule has 172 valence electrons. The quantitative estimate of drug-likeness (QED) is 0.467. The maximum Gasteiger partial charge on any atom is 0.235 e. The van der Waals surface area contributed by atoms with Gasteiger partial charge in [0.05, 0.1) is 12.0 Å². The van der Waals surface area contributed by atoms with Crippen LogP contribution in [0, 0.1) is 0 Å². The summed E-state index contributed by atoms with van der Waals surface area (Å²) >= 11 is 6.06. The molecule has 5 heteroatoms. The van der Waals surface area contributed by atoms with Crippen LogP contribution >= 0.6 is 11.6 Å². The smallest absolute Gasteiger partial charge is 0.235 e. The van der Waals surface area contributed by atoms with Gasteiger partial charge in [0.15, 0.2) is 0 Å². The summed E-state index contributed by atoms with van der Waals surface area (Å²) in [7, 11) is 0. The lowest BCUT2D eigenvalue weighted by Crippen LogP contribution is -2.38. The van der Waals surface area contributed by atoms with Gasteiger partial charge in [-0.05, 0) is 87.5 Å². The van der Waals surface area contributed by atoms with Gasteiger partial charge in [0.25, 0.3) is 0 Å². The number of hydrogen-bond acceptors (Lipinski definition) is 3. The lowest BCUT2D eigenvalue weighted by atomic mass is 9.78. The largest absolute Gasteiger partial charge is 0.494 e. The number of halogens is 1. The minimum absolute atomic E-state index is 0.0710. The molecular weight excluding hydrogens is 420 g/mol. The van der Waals surface area contributed by atoms with Crippen LogP contribution in [-0.4, -0.2) is 36.5 Å². The van der Waals surface area contributed by atoms with Crippen molar-refractivity contribution in [3.8, 4) is 5.75 Å². The van der Waals surface area contributed by atoms with Crippen molar-refractivity contribution in [1.29, 1.82) is 0 Å². The topological polar surface area (TPSA) is 41.6 Å². The Balaban J connectivity index is 1.30. The molecule has 0 aromatic heterocycles. The summed E-state index contributed by atoms with van der Waals surface area (Å²) in [5.74, 6) is 0.921. The number of likely N-dealkylation sites (tertiary alicyclic amines) is 1. The van der Waals surface area contributed by atoms with Gasteiger partial charge < -0.3 is 15.0 Å². The standard InChI is InChI=1S/C27H35ClN2O2/c1-21-7-2-5-18-30(21)19-6-20-32-25-14-12-24(13-15-25)29-26(31)27(16-3-4-17-27)22-8-10-23(28)11-9-22/h8-15,21H,2-7,16-20H2,1H3,(H,29,31)/t21-/m1/s1. The van der Waals surface area contributed by atoms with Gasteiger partial charge in [-0.3, -0.25) is 4.79 Å². The second kappa shape index (κ2) is 10.7. The van der Waals surface area contributed by atoms with Crippen LogP contribution < -0.4 is 10.1 Å². The summed E-state index contributed by atoms with van der Waals surface area (Å²) < 4.78 is 5.94. The second-order valence-corrected chi connectivity index (χ2v) is 9.79. The minimum atomic E-state index is -0.467. The van der Waals surface area contributed by atoms with Gasteiger partial charge in [-0.25, -0.2) is 0 Å². The van der Waals surface area contributed by atoms with Gasteiger partial charge in [-0.15, -0.1) is 0 Å². The fraction of sp³-hybridized carbons (Fsp3) is 0.519. The average Bonchev–Trinajstić information content (AvgIpc) is 3.31. The Kier molecular flexibility index (Phi) is 7.75. The van der Waals surface area contributed by atoms with E-state index in [-0.39, 0.29) is 5.91 Å². The molecule has 1 aliphatic heterocycles. The van der Waals surface area contributed by atoms with Gasteiger partial charge in [0, 0.05) is 23.3 Å². The number of amides is 1. The predicted octanol–water partition coefficient (Wildman–Crippen LogP) is 6.43. The molecule has 0 unspecified atom stereocenters. The van der Waals surface area contributed by atoms with Crippen molar-refractivity contribution in [1.82, 2.24) is 4.90 Å². The molecule has 32 heavy (non-hydrogen) atoms. The van der Waals surface area contributed by atoms with Crippen molar-refractivity contribution in [2.45, 2.75) is 69.7 Å². The number of carbonyl (C=O) groups excluding carboxylic acids is 1. The number of nitrogens with one attached hydrogen (secondary N) is 1. The fourth-order valence-electron chi connectivity index (χ4n) is 5.23. The van der Waals surface area contributed by atoms with Crippen LogP contribution in [0.15, 0.2) is 48.5 Å². The number of piperidine rings is 1. The van der Waals surface area contributed by atoms with Crippen LogP contribution in [0.4, 0.5) is 5.69 Å². The normalized spacial score (nSPS) is 20.8. The maximum absolute atomic E-state index is 13.3. The number of ether oxygens (including phenoxy) is 1. The number of benzene rings is 2. The molecular formula is C27H35ClN2O2. The van der Waals surface area contributed by atoms with Crippen molar-refractivity contribution in [3.05, 3.63) is 59.1 Å². The Morgan fingerprint density at radius 3 is 2.47 bits per heavy atom. The van der Waals surface area contributed by atoms with E-state index >= 15 is 0 Å². The first-order valence-corrected chi connectivity index (χ1v) is 12.5. The first-order valence-electron chi connectivity index (χ1n) is 12.1. The third kappa shape index (κ3) is 5.47. The van der Waals surface area contributed by atoms with Crippen molar-refractivity contribution in [2.75, 3.05) is 25.0 Å². The molecule has 1 amide bonds. The highest BCUT2D eigenvalue weighted by Gasteiger charge is 2.42. The lowest BCUT2D eigenvalue weighted by molar-refractivity contribution is -0.121. The Morgan fingerprint density at radius 2 is 1.78 bits per heavy atom. The first kappa shape index (κ1) is 23.1. The number of carbonyl (C=O) groups is 1. The summed E-state index contributed by atoms with van der Waals surface area (Å²) in [5, 5.41) is 3.84. The summed E-state index contributed by atoms with van der Waals surface area (Å²) in [4.78, 5) is 15.9. The highest BCUT2D eigenvalue weighted by molar-refractivity contribution is 6.30. The molecule has 4 rings (SSSR count). The summed E-state index contributed by atoms with van der Waals surface area (Å²) in [6.45, 7) is 5.36. The molecule has 1 saturated heterocycles.